The molecule has 2 amide bonds. The average molecular weight is 392 g/mol. The lowest BCUT2D eigenvalue weighted by Gasteiger charge is -2.33. The van der Waals surface area contributed by atoms with Gasteiger partial charge >= 0.3 is 0 Å². The zero-order valence-electron chi connectivity index (χ0n) is 16.4. The molecular formula is C23H24N2O4. The maximum Gasteiger partial charge on any atom is 0.254 e. The van der Waals surface area contributed by atoms with Gasteiger partial charge in [-0.15, -0.1) is 0 Å². The van der Waals surface area contributed by atoms with Gasteiger partial charge in [-0.25, -0.2) is 0 Å². The fourth-order valence-corrected chi connectivity index (χ4v) is 5.06. The van der Waals surface area contributed by atoms with E-state index >= 15 is 0 Å². The Labute approximate surface area is 170 Å². The van der Waals surface area contributed by atoms with Crippen LogP contribution in [0, 0.1) is 0 Å². The Morgan fingerprint density at radius 1 is 1.21 bits per heavy atom. The zero-order valence-corrected chi connectivity index (χ0v) is 16.4. The summed E-state index contributed by atoms with van der Waals surface area (Å²) in [5.74, 6) is 0.661. The van der Waals surface area contributed by atoms with Gasteiger partial charge in [-0.1, -0.05) is 36.4 Å². The second-order valence-corrected chi connectivity index (χ2v) is 7.78. The van der Waals surface area contributed by atoms with Crippen LogP contribution in [0.15, 0.2) is 54.6 Å². The molecule has 0 aromatic heterocycles. The second-order valence-electron chi connectivity index (χ2n) is 7.78. The summed E-state index contributed by atoms with van der Waals surface area (Å²) in [7, 11) is 0. The number of rotatable bonds is 4. The fraction of sp³-hybridized carbons (Fsp3) is 0.391. The Balaban J connectivity index is 1.43. The Kier molecular flexibility index (Phi) is 4.32. The molecular weight excluding hydrogens is 368 g/mol. The maximum atomic E-state index is 13.3. The Bertz CT molecular complexity index is 947. The molecule has 3 saturated heterocycles. The van der Waals surface area contributed by atoms with E-state index in [0.717, 1.165) is 5.56 Å². The van der Waals surface area contributed by atoms with Crippen LogP contribution >= 0.6 is 0 Å². The van der Waals surface area contributed by atoms with E-state index in [-0.39, 0.29) is 23.9 Å². The SMILES string of the molecule is CCOc1cccc(C(=O)N2CC[C@@]34OC[C@@H](c5ccccc5)N3C(=O)C[C@@H]24)c1. The molecule has 3 aliphatic rings. The van der Waals surface area contributed by atoms with E-state index in [1.54, 1.807) is 12.1 Å². The topological polar surface area (TPSA) is 59.1 Å². The largest absolute Gasteiger partial charge is 0.494 e. The molecule has 6 nitrogen and oxygen atoms in total. The van der Waals surface area contributed by atoms with Crippen molar-refractivity contribution in [1.82, 2.24) is 9.80 Å². The third kappa shape index (κ3) is 2.74. The van der Waals surface area contributed by atoms with E-state index in [0.29, 0.717) is 43.9 Å². The number of carbonyl (C=O) groups excluding carboxylic acids is 2. The molecule has 6 heteroatoms. The Morgan fingerprint density at radius 2 is 2.03 bits per heavy atom. The number of likely N-dealkylation sites (tertiary alicyclic amines) is 1. The first-order chi connectivity index (χ1) is 14.1. The summed E-state index contributed by atoms with van der Waals surface area (Å²) in [5, 5.41) is 0. The molecule has 150 valence electrons. The van der Waals surface area contributed by atoms with Gasteiger partial charge in [-0.3, -0.25) is 9.59 Å². The van der Waals surface area contributed by atoms with Crippen molar-refractivity contribution < 1.29 is 19.1 Å². The van der Waals surface area contributed by atoms with Crippen molar-refractivity contribution in [2.24, 2.45) is 0 Å². The lowest BCUT2D eigenvalue weighted by Crippen LogP contribution is -2.49. The van der Waals surface area contributed by atoms with Gasteiger partial charge in [0.15, 0.2) is 5.72 Å². The zero-order chi connectivity index (χ0) is 20.0. The van der Waals surface area contributed by atoms with Crippen molar-refractivity contribution in [3.8, 4) is 5.75 Å². The van der Waals surface area contributed by atoms with E-state index in [9.17, 15) is 9.59 Å². The molecule has 2 aromatic carbocycles. The molecule has 3 aliphatic heterocycles. The van der Waals surface area contributed by atoms with Gasteiger partial charge in [0.05, 0.1) is 31.7 Å². The molecule has 3 heterocycles. The lowest BCUT2D eigenvalue weighted by molar-refractivity contribution is -0.138. The maximum absolute atomic E-state index is 13.3. The summed E-state index contributed by atoms with van der Waals surface area (Å²) >= 11 is 0. The lowest BCUT2D eigenvalue weighted by atomic mass is 10.0. The summed E-state index contributed by atoms with van der Waals surface area (Å²) in [5.41, 5.74) is 0.953. The number of hydrogen-bond donors (Lipinski definition) is 0. The van der Waals surface area contributed by atoms with Crippen LogP contribution in [0.4, 0.5) is 0 Å². The predicted octanol–water partition coefficient (Wildman–Crippen LogP) is 3.00. The highest BCUT2D eigenvalue weighted by atomic mass is 16.5. The summed E-state index contributed by atoms with van der Waals surface area (Å²) in [6, 6.07) is 16.9. The first-order valence-corrected chi connectivity index (χ1v) is 10.2. The van der Waals surface area contributed by atoms with Crippen molar-refractivity contribution in [3.05, 3.63) is 65.7 Å². The van der Waals surface area contributed by atoms with Crippen LogP contribution in [0.5, 0.6) is 5.75 Å². The van der Waals surface area contributed by atoms with E-state index in [4.69, 9.17) is 9.47 Å². The van der Waals surface area contributed by atoms with Crippen molar-refractivity contribution >= 4 is 11.8 Å². The minimum Gasteiger partial charge on any atom is -0.494 e. The summed E-state index contributed by atoms with van der Waals surface area (Å²) in [6.07, 6.45) is 0.948. The monoisotopic (exact) mass is 392 g/mol. The van der Waals surface area contributed by atoms with Crippen molar-refractivity contribution in [3.63, 3.8) is 0 Å². The number of benzene rings is 2. The highest BCUT2D eigenvalue weighted by Crippen LogP contribution is 2.51. The predicted molar refractivity (Wildman–Crippen MR) is 106 cm³/mol. The molecule has 29 heavy (non-hydrogen) atoms. The van der Waals surface area contributed by atoms with E-state index in [1.165, 1.54) is 0 Å². The van der Waals surface area contributed by atoms with Gasteiger partial charge in [0, 0.05) is 18.5 Å². The van der Waals surface area contributed by atoms with Crippen LogP contribution in [0.25, 0.3) is 0 Å². The van der Waals surface area contributed by atoms with Crippen molar-refractivity contribution in [2.45, 2.75) is 37.6 Å². The third-order valence-electron chi connectivity index (χ3n) is 6.29. The van der Waals surface area contributed by atoms with Gasteiger partial charge < -0.3 is 19.3 Å². The standard InChI is InChI=1S/C23H24N2O4/c1-2-28-18-10-6-9-17(13-18)22(27)24-12-11-23-20(24)14-21(26)25(23)19(15-29-23)16-7-4-3-5-8-16/h3-10,13,19-20H,2,11-12,14-15H2,1H3/t19-,20+,23-/m0/s1. The number of carbonyl (C=O) groups is 2. The van der Waals surface area contributed by atoms with Crippen LogP contribution in [0.1, 0.15) is 41.7 Å². The van der Waals surface area contributed by atoms with Crippen LogP contribution in [0.3, 0.4) is 0 Å². The summed E-state index contributed by atoms with van der Waals surface area (Å²) in [4.78, 5) is 30.0. The van der Waals surface area contributed by atoms with Crippen LogP contribution in [0.2, 0.25) is 0 Å². The van der Waals surface area contributed by atoms with E-state index in [1.807, 2.05) is 59.2 Å². The Hall–Kier alpha value is -2.86. The second kappa shape index (κ2) is 6.88. The number of nitrogens with zero attached hydrogens (tertiary/aromatic N) is 2. The van der Waals surface area contributed by atoms with E-state index in [2.05, 4.69) is 0 Å². The van der Waals surface area contributed by atoms with Crippen LogP contribution < -0.4 is 4.74 Å². The molecule has 0 unspecified atom stereocenters. The molecule has 2 aromatic rings. The van der Waals surface area contributed by atoms with Crippen molar-refractivity contribution in [1.29, 1.82) is 0 Å². The molecule has 5 rings (SSSR count). The van der Waals surface area contributed by atoms with Gasteiger partial charge in [-0.2, -0.15) is 0 Å². The van der Waals surface area contributed by atoms with E-state index < -0.39 is 5.72 Å². The smallest absolute Gasteiger partial charge is 0.254 e. The summed E-state index contributed by atoms with van der Waals surface area (Å²) < 4.78 is 11.8. The Morgan fingerprint density at radius 3 is 2.83 bits per heavy atom. The van der Waals surface area contributed by atoms with Gasteiger partial charge in [0.25, 0.3) is 5.91 Å². The van der Waals surface area contributed by atoms with Gasteiger partial charge in [0.2, 0.25) is 5.91 Å². The highest BCUT2D eigenvalue weighted by molar-refractivity contribution is 5.96. The molecule has 1 spiro atoms. The van der Waals surface area contributed by atoms with Crippen LogP contribution in [-0.4, -0.2) is 53.1 Å². The average Bonchev–Trinajstić information content (AvgIpc) is 3.37. The molecule has 0 N–H and O–H groups in total. The molecule has 0 radical (unpaired) electrons. The quantitative estimate of drug-likeness (QED) is 0.803. The first kappa shape index (κ1) is 18.2. The number of ether oxygens (including phenoxy) is 2. The summed E-state index contributed by atoms with van der Waals surface area (Å²) in [6.45, 7) is 3.51. The third-order valence-corrected chi connectivity index (χ3v) is 6.29. The first-order valence-electron chi connectivity index (χ1n) is 10.2. The van der Waals surface area contributed by atoms with Gasteiger partial charge in [0.1, 0.15) is 5.75 Å². The number of amides is 2. The molecule has 3 fully saturated rings. The minimum absolute atomic E-state index is 0.0573. The fourth-order valence-electron chi connectivity index (χ4n) is 5.06. The van der Waals surface area contributed by atoms with Crippen molar-refractivity contribution in [2.75, 3.05) is 19.8 Å². The normalized spacial score (nSPS) is 27.8. The van der Waals surface area contributed by atoms with Crippen LogP contribution in [-0.2, 0) is 9.53 Å². The highest BCUT2D eigenvalue weighted by Gasteiger charge is 2.65. The minimum atomic E-state index is -0.704. The molecule has 0 aliphatic carbocycles. The van der Waals surface area contributed by atoms with Gasteiger partial charge in [-0.05, 0) is 30.7 Å². The molecule has 0 saturated carbocycles. The number of hydrogen-bond acceptors (Lipinski definition) is 4. The molecule has 0 bridgehead atoms. The molecule has 3 atom stereocenters.